The molecule has 13 heavy (non-hydrogen) atoms. The number of hydrogen-bond donors (Lipinski definition) is 0. The van der Waals surface area contributed by atoms with Gasteiger partial charge >= 0.3 is 6.18 Å². The number of hydrogen-bond acceptors (Lipinski definition) is 0. The van der Waals surface area contributed by atoms with Crippen LogP contribution in [-0.2, 0) is 5.41 Å². The quantitative estimate of drug-likeness (QED) is 0.631. The molecule has 1 saturated carbocycles. The highest BCUT2D eigenvalue weighted by Gasteiger charge is 2.63. The summed E-state index contributed by atoms with van der Waals surface area (Å²) in [6.45, 7) is 0. The third-order valence-corrected chi connectivity index (χ3v) is 2.62. The minimum absolute atomic E-state index is 0.237. The van der Waals surface area contributed by atoms with Crippen LogP contribution in [0.5, 0.6) is 0 Å². The lowest BCUT2D eigenvalue weighted by molar-refractivity contribution is -0.160. The van der Waals surface area contributed by atoms with E-state index in [1.165, 1.54) is 0 Å². The second-order valence-corrected chi connectivity index (χ2v) is 3.45. The van der Waals surface area contributed by atoms with Gasteiger partial charge in [0.05, 0.1) is 5.41 Å². The Morgan fingerprint density at radius 3 is 1.92 bits per heavy atom. The minimum atomic E-state index is -4.09. The summed E-state index contributed by atoms with van der Waals surface area (Å²) in [6, 6.07) is 8.15. The lowest BCUT2D eigenvalue weighted by Crippen LogP contribution is -2.28. The van der Waals surface area contributed by atoms with E-state index in [0.29, 0.717) is 5.56 Å². The van der Waals surface area contributed by atoms with Crippen LogP contribution in [0.3, 0.4) is 0 Å². The molecule has 0 amide bonds. The first-order valence-electron chi connectivity index (χ1n) is 4.18. The first kappa shape index (κ1) is 8.60. The third kappa shape index (κ3) is 1.23. The van der Waals surface area contributed by atoms with Crippen molar-refractivity contribution in [2.24, 2.45) is 0 Å². The fraction of sp³-hybridized carbons (Fsp3) is 0.400. The SMILES string of the molecule is FC(F)(F)C1(c2ccccc2)CC1. The highest BCUT2D eigenvalue weighted by atomic mass is 19.4. The average Bonchev–Trinajstić information content (AvgIpc) is 2.84. The van der Waals surface area contributed by atoms with Crippen LogP contribution in [0.1, 0.15) is 18.4 Å². The molecule has 2 rings (SSSR count). The summed E-state index contributed by atoms with van der Waals surface area (Å²) >= 11 is 0. The van der Waals surface area contributed by atoms with Gasteiger partial charge in [0.1, 0.15) is 0 Å². The van der Waals surface area contributed by atoms with Gasteiger partial charge < -0.3 is 0 Å². The van der Waals surface area contributed by atoms with E-state index in [-0.39, 0.29) is 12.8 Å². The van der Waals surface area contributed by atoms with Gasteiger partial charge in [-0.2, -0.15) is 13.2 Å². The third-order valence-electron chi connectivity index (χ3n) is 2.62. The summed E-state index contributed by atoms with van der Waals surface area (Å²) in [6.07, 6.45) is -3.62. The highest BCUT2D eigenvalue weighted by Crippen LogP contribution is 2.58. The molecule has 0 radical (unpaired) electrons. The Morgan fingerprint density at radius 2 is 1.54 bits per heavy atom. The topological polar surface area (TPSA) is 0 Å². The summed E-state index contributed by atoms with van der Waals surface area (Å²) < 4.78 is 37.7. The molecule has 0 aliphatic heterocycles. The molecule has 0 N–H and O–H groups in total. The zero-order chi connectivity index (χ0) is 9.53. The molecule has 0 atom stereocenters. The van der Waals surface area contributed by atoms with Gasteiger partial charge in [-0.1, -0.05) is 30.3 Å². The van der Waals surface area contributed by atoms with Gasteiger partial charge in [-0.3, -0.25) is 0 Å². The van der Waals surface area contributed by atoms with Crippen molar-refractivity contribution in [3.05, 3.63) is 35.9 Å². The second kappa shape index (κ2) is 2.50. The molecule has 0 nitrogen and oxygen atoms in total. The van der Waals surface area contributed by atoms with Crippen molar-refractivity contribution in [2.75, 3.05) is 0 Å². The van der Waals surface area contributed by atoms with Crippen molar-refractivity contribution >= 4 is 0 Å². The smallest absolute Gasteiger partial charge is 0.170 e. The van der Waals surface area contributed by atoms with E-state index in [1.54, 1.807) is 30.3 Å². The molecule has 1 aliphatic rings. The monoisotopic (exact) mass is 186 g/mol. The van der Waals surface area contributed by atoms with Gasteiger partial charge in [-0.15, -0.1) is 0 Å². The molecule has 70 valence electrons. The average molecular weight is 186 g/mol. The van der Waals surface area contributed by atoms with Crippen LogP contribution in [0.2, 0.25) is 0 Å². The van der Waals surface area contributed by atoms with Crippen LogP contribution in [0.4, 0.5) is 13.2 Å². The van der Waals surface area contributed by atoms with Gasteiger partial charge in [-0.25, -0.2) is 0 Å². The van der Waals surface area contributed by atoms with Gasteiger partial charge in [0.25, 0.3) is 0 Å². The maximum atomic E-state index is 12.6. The van der Waals surface area contributed by atoms with Crippen LogP contribution in [0.15, 0.2) is 30.3 Å². The van der Waals surface area contributed by atoms with E-state index in [1.807, 2.05) is 0 Å². The predicted molar refractivity (Wildman–Crippen MR) is 43.4 cm³/mol. The Labute approximate surface area is 74.4 Å². The Morgan fingerprint density at radius 1 is 1.00 bits per heavy atom. The molecular formula is C10H9F3. The molecule has 0 spiro atoms. The van der Waals surface area contributed by atoms with Crippen LogP contribution in [-0.4, -0.2) is 6.18 Å². The van der Waals surface area contributed by atoms with Crippen molar-refractivity contribution in [3.8, 4) is 0 Å². The lowest BCUT2D eigenvalue weighted by Gasteiger charge is -2.19. The largest absolute Gasteiger partial charge is 0.398 e. The molecule has 0 aromatic heterocycles. The Balaban J connectivity index is 2.37. The van der Waals surface area contributed by atoms with Crippen LogP contribution in [0.25, 0.3) is 0 Å². The van der Waals surface area contributed by atoms with Crippen molar-refractivity contribution < 1.29 is 13.2 Å². The van der Waals surface area contributed by atoms with E-state index in [2.05, 4.69) is 0 Å². The normalized spacial score (nSPS) is 19.9. The standard InChI is InChI=1S/C10H9F3/c11-10(12,13)9(6-7-9)8-4-2-1-3-5-8/h1-5H,6-7H2. The number of benzene rings is 1. The minimum Gasteiger partial charge on any atom is -0.170 e. The van der Waals surface area contributed by atoms with Crippen molar-refractivity contribution in [1.82, 2.24) is 0 Å². The molecule has 1 aliphatic carbocycles. The Kier molecular flexibility index (Phi) is 1.65. The maximum absolute atomic E-state index is 12.6. The molecule has 0 heterocycles. The van der Waals surface area contributed by atoms with Crippen LogP contribution >= 0.6 is 0 Å². The molecule has 0 unspecified atom stereocenters. The zero-order valence-corrected chi connectivity index (χ0v) is 6.93. The van der Waals surface area contributed by atoms with Crippen molar-refractivity contribution in [3.63, 3.8) is 0 Å². The fourth-order valence-corrected chi connectivity index (χ4v) is 1.62. The predicted octanol–water partition coefficient (Wildman–Crippen LogP) is 3.28. The molecule has 1 aromatic rings. The van der Waals surface area contributed by atoms with Gasteiger partial charge in [0.15, 0.2) is 0 Å². The first-order valence-corrected chi connectivity index (χ1v) is 4.18. The van der Waals surface area contributed by atoms with E-state index in [4.69, 9.17) is 0 Å². The molecular weight excluding hydrogens is 177 g/mol. The molecule has 3 heteroatoms. The van der Waals surface area contributed by atoms with Gasteiger partial charge in [0, 0.05) is 0 Å². The van der Waals surface area contributed by atoms with E-state index >= 15 is 0 Å². The van der Waals surface area contributed by atoms with E-state index < -0.39 is 11.6 Å². The summed E-state index contributed by atoms with van der Waals surface area (Å²) in [5.41, 5.74) is -1.11. The first-order chi connectivity index (χ1) is 6.06. The molecule has 0 bridgehead atoms. The van der Waals surface area contributed by atoms with Crippen LogP contribution in [0, 0.1) is 0 Å². The second-order valence-electron chi connectivity index (χ2n) is 3.45. The number of alkyl halides is 3. The molecule has 0 saturated heterocycles. The Hall–Kier alpha value is -0.990. The van der Waals surface area contributed by atoms with E-state index in [0.717, 1.165) is 0 Å². The summed E-state index contributed by atoms with van der Waals surface area (Å²) in [5.74, 6) is 0. The van der Waals surface area contributed by atoms with Gasteiger partial charge in [-0.05, 0) is 18.4 Å². The summed E-state index contributed by atoms with van der Waals surface area (Å²) in [7, 11) is 0. The van der Waals surface area contributed by atoms with Crippen LogP contribution < -0.4 is 0 Å². The summed E-state index contributed by atoms with van der Waals surface area (Å²) in [5, 5.41) is 0. The maximum Gasteiger partial charge on any atom is 0.398 e. The van der Waals surface area contributed by atoms with Crippen molar-refractivity contribution in [2.45, 2.75) is 24.4 Å². The van der Waals surface area contributed by atoms with E-state index in [9.17, 15) is 13.2 Å². The molecule has 1 fully saturated rings. The number of halogens is 3. The molecule has 1 aromatic carbocycles. The Bertz CT molecular complexity index is 296. The fourth-order valence-electron chi connectivity index (χ4n) is 1.62. The summed E-state index contributed by atoms with van der Waals surface area (Å²) in [4.78, 5) is 0. The highest BCUT2D eigenvalue weighted by molar-refractivity contribution is 5.33. The number of rotatable bonds is 1. The van der Waals surface area contributed by atoms with Gasteiger partial charge in [0.2, 0.25) is 0 Å². The van der Waals surface area contributed by atoms with Crippen molar-refractivity contribution in [1.29, 1.82) is 0 Å². The lowest BCUT2D eigenvalue weighted by atomic mass is 9.96. The zero-order valence-electron chi connectivity index (χ0n) is 6.93.